The molecule has 1 atom stereocenters. The van der Waals surface area contributed by atoms with Crippen molar-refractivity contribution in [3.8, 4) is 5.75 Å². The minimum atomic E-state index is -0.0153. The van der Waals surface area contributed by atoms with Crippen LogP contribution in [-0.4, -0.2) is 35.0 Å². The third-order valence-electron chi connectivity index (χ3n) is 4.09. The number of pyridine rings is 1. The second-order valence-corrected chi connectivity index (χ2v) is 5.62. The Kier molecular flexibility index (Phi) is 3.46. The molecule has 1 aliphatic heterocycles. The minimum absolute atomic E-state index is 0.0131. The van der Waals surface area contributed by atoms with Crippen molar-refractivity contribution in [1.29, 1.82) is 0 Å². The number of carbonyl (C=O) groups excluding carboxylic acids is 1. The largest absolute Gasteiger partial charge is 0.486 e. The number of rotatable bonds is 3. The summed E-state index contributed by atoms with van der Waals surface area (Å²) in [4.78, 5) is 18.5. The Morgan fingerprint density at radius 1 is 1.26 bits per heavy atom. The topological polar surface area (TPSA) is 55.6 Å². The highest BCUT2D eigenvalue weighted by atomic mass is 16.5. The predicted molar refractivity (Wildman–Crippen MR) is 85.4 cm³/mol. The predicted octanol–water partition coefficient (Wildman–Crippen LogP) is 3.12. The molecule has 0 radical (unpaired) electrons. The van der Waals surface area contributed by atoms with Crippen LogP contribution in [-0.2, 0) is 0 Å². The molecule has 1 aliphatic rings. The third kappa shape index (κ3) is 2.65. The highest BCUT2D eigenvalue weighted by molar-refractivity contribution is 5.94. The van der Waals surface area contributed by atoms with Gasteiger partial charge in [0.05, 0.1) is 18.4 Å². The summed E-state index contributed by atoms with van der Waals surface area (Å²) in [7, 11) is 0. The lowest BCUT2D eigenvalue weighted by Gasteiger charge is -2.17. The lowest BCUT2D eigenvalue weighted by molar-refractivity contribution is 0.0772. The smallest absolute Gasteiger partial charge is 0.257 e. The molecule has 3 heterocycles. The molecule has 3 aromatic rings. The zero-order valence-electron chi connectivity index (χ0n) is 12.5. The number of hydrogen-bond donors (Lipinski definition) is 0. The van der Waals surface area contributed by atoms with Crippen LogP contribution in [0.15, 0.2) is 59.5 Å². The minimum Gasteiger partial charge on any atom is -0.486 e. The molecule has 116 valence electrons. The molecule has 0 spiro atoms. The molecule has 1 aromatic carbocycles. The fourth-order valence-corrected chi connectivity index (χ4v) is 2.93. The monoisotopic (exact) mass is 308 g/mol. The Bertz CT molecular complexity index is 824. The SMILES string of the molecule is O=C(c1ccoc1)N1CCC(Oc2cccc3cccnc23)C1. The standard InChI is InChI=1S/C18H16N2O3/c21-18(14-7-10-22-12-14)20-9-6-15(11-20)23-16-5-1-3-13-4-2-8-19-17(13)16/h1-5,7-8,10,12,15H,6,9,11H2. The van der Waals surface area contributed by atoms with Gasteiger partial charge in [-0.3, -0.25) is 9.78 Å². The molecular formula is C18H16N2O3. The molecule has 0 aliphatic carbocycles. The normalized spacial score (nSPS) is 17.6. The molecule has 4 rings (SSSR count). The zero-order chi connectivity index (χ0) is 15.6. The van der Waals surface area contributed by atoms with E-state index in [1.807, 2.05) is 30.3 Å². The van der Waals surface area contributed by atoms with Crippen LogP contribution in [0, 0.1) is 0 Å². The number of aromatic nitrogens is 1. The molecule has 0 saturated carbocycles. The second-order valence-electron chi connectivity index (χ2n) is 5.62. The maximum Gasteiger partial charge on any atom is 0.257 e. The Morgan fingerprint density at radius 2 is 2.17 bits per heavy atom. The van der Waals surface area contributed by atoms with Crippen molar-refractivity contribution < 1.29 is 13.9 Å². The molecule has 1 saturated heterocycles. The van der Waals surface area contributed by atoms with E-state index in [1.54, 1.807) is 17.2 Å². The fourth-order valence-electron chi connectivity index (χ4n) is 2.93. The van der Waals surface area contributed by atoms with Gasteiger partial charge in [-0.15, -0.1) is 0 Å². The Balaban J connectivity index is 1.49. The number of hydrogen-bond acceptors (Lipinski definition) is 4. The number of likely N-dealkylation sites (tertiary alicyclic amines) is 1. The van der Waals surface area contributed by atoms with Gasteiger partial charge in [0.15, 0.2) is 0 Å². The van der Waals surface area contributed by atoms with Crippen molar-refractivity contribution in [3.63, 3.8) is 0 Å². The third-order valence-corrected chi connectivity index (χ3v) is 4.09. The molecular weight excluding hydrogens is 292 g/mol. The number of para-hydroxylation sites is 1. The van der Waals surface area contributed by atoms with Gasteiger partial charge < -0.3 is 14.1 Å². The first kappa shape index (κ1) is 13.8. The summed E-state index contributed by atoms with van der Waals surface area (Å²) < 4.78 is 11.1. The number of ether oxygens (including phenoxy) is 1. The van der Waals surface area contributed by atoms with E-state index < -0.39 is 0 Å². The van der Waals surface area contributed by atoms with E-state index in [0.717, 1.165) is 23.1 Å². The zero-order valence-corrected chi connectivity index (χ0v) is 12.5. The van der Waals surface area contributed by atoms with E-state index in [-0.39, 0.29) is 12.0 Å². The highest BCUT2D eigenvalue weighted by Crippen LogP contribution is 2.26. The average molecular weight is 308 g/mol. The maximum absolute atomic E-state index is 12.3. The molecule has 5 nitrogen and oxygen atoms in total. The summed E-state index contributed by atoms with van der Waals surface area (Å²) in [6.45, 7) is 1.26. The summed E-state index contributed by atoms with van der Waals surface area (Å²) >= 11 is 0. The molecule has 2 aromatic heterocycles. The van der Waals surface area contributed by atoms with Gasteiger partial charge in [-0.05, 0) is 18.2 Å². The van der Waals surface area contributed by atoms with Crippen LogP contribution in [0.1, 0.15) is 16.8 Å². The van der Waals surface area contributed by atoms with Crippen molar-refractivity contribution in [2.45, 2.75) is 12.5 Å². The van der Waals surface area contributed by atoms with Gasteiger partial charge in [-0.2, -0.15) is 0 Å². The molecule has 1 amide bonds. The Hall–Kier alpha value is -2.82. The van der Waals surface area contributed by atoms with Crippen LogP contribution in [0.4, 0.5) is 0 Å². The summed E-state index contributed by atoms with van der Waals surface area (Å²) in [6, 6.07) is 11.5. The number of furan rings is 1. The van der Waals surface area contributed by atoms with Crippen LogP contribution in [0.3, 0.4) is 0 Å². The molecule has 0 N–H and O–H groups in total. The molecule has 23 heavy (non-hydrogen) atoms. The number of nitrogens with zero attached hydrogens (tertiary/aromatic N) is 2. The van der Waals surface area contributed by atoms with Crippen molar-refractivity contribution in [2.24, 2.45) is 0 Å². The van der Waals surface area contributed by atoms with Gasteiger partial charge >= 0.3 is 0 Å². The van der Waals surface area contributed by atoms with Crippen LogP contribution in [0.2, 0.25) is 0 Å². The van der Waals surface area contributed by atoms with Crippen molar-refractivity contribution >= 4 is 16.8 Å². The lowest BCUT2D eigenvalue weighted by atomic mass is 10.2. The first-order chi connectivity index (χ1) is 11.3. The fraction of sp³-hybridized carbons (Fsp3) is 0.222. The van der Waals surface area contributed by atoms with Crippen molar-refractivity contribution in [1.82, 2.24) is 9.88 Å². The maximum atomic E-state index is 12.3. The van der Waals surface area contributed by atoms with Crippen LogP contribution in [0.5, 0.6) is 5.75 Å². The van der Waals surface area contributed by atoms with E-state index in [1.165, 1.54) is 12.5 Å². The first-order valence-electron chi connectivity index (χ1n) is 7.63. The Morgan fingerprint density at radius 3 is 3.04 bits per heavy atom. The molecule has 1 fully saturated rings. The number of benzene rings is 1. The van der Waals surface area contributed by atoms with Gasteiger partial charge in [-0.25, -0.2) is 0 Å². The van der Waals surface area contributed by atoms with Gasteiger partial charge in [0.2, 0.25) is 0 Å². The van der Waals surface area contributed by atoms with E-state index in [4.69, 9.17) is 9.15 Å². The summed E-state index contributed by atoms with van der Waals surface area (Å²) in [5.74, 6) is 0.756. The Labute approximate surface area is 133 Å². The van der Waals surface area contributed by atoms with Gasteiger partial charge in [0.25, 0.3) is 5.91 Å². The van der Waals surface area contributed by atoms with E-state index in [2.05, 4.69) is 4.98 Å². The number of carbonyl (C=O) groups is 1. The van der Waals surface area contributed by atoms with E-state index >= 15 is 0 Å². The van der Waals surface area contributed by atoms with Gasteiger partial charge in [0, 0.05) is 24.5 Å². The number of amides is 1. The second kappa shape index (κ2) is 5.76. The first-order valence-corrected chi connectivity index (χ1v) is 7.63. The van der Waals surface area contributed by atoms with Crippen LogP contribution in [0.25, 0.3) is 10.9 Å². The van der Waals surface area contributed by atoms with E-state index in [0.29, 0.717) is 18.7 Å². The number of fused-ring (bicyclic) bond motifs is 1. The van der Waals surface area contributed by atoms with Gasteiger partial charge in [-0.1, -0.05) is 18.2 Å². The quantitative estimate of drug-likeness (QED) is 0.746. The lowest BCUT2D eigenvalue weighted by Crippen LogP contribution is -2.30. The van der Waals surface area contributed by atoms with E-state index in [9.17, 15) is 4.79 Å². The summed E-state index contributed by atoms with van der Waals surface area (Å²) in [5.41, 5.74) is 1.44. The molecule has 0 bridgehead atoms. The molecule has 1 unspecified atom stereocenters. The van der Waals surface area contributed by atoms with Crippen molar-refractivity contribution in [3.05, 3.63) is 60.7 Å². The highest BCUT2D eigenvalue weighted by Gasteiger charge is 2.29. The summed E-state index contributed by atoms with van der Waals surface area (Å²) in [6.07, 6.45) is 5.55. The van der Waals surface area contributed by atoms with Crippen LogP contribution >= 0.6 is 0 Å². The average Bonchev–Trinajstić information content (AvgIpc) is 3.27. The van der Waals surface area contributed by atoms with Gasteiger partial charge in [0.1, 0.15) is 23.6 Å². The van der Waals surface area contributed by atoms with Crippen LogP contribution < -0.4 is 4.74 Å². The molecule has 5 heteroatoms. The summed E-state index contributed by atoms with van der Waals surface area (Å²) in [5, 5.41) is 1.05. The van der Waals surface area contributed by atoms with Crippen molar-refractivity contribution in [2.75, 3.05) is 13.1 Å².